The van der Waals surface area contributed by atoms with Crippen molar-refractivity contribution >= 4 is 33.4 Å². The van der Waals surface area contributed by atoms with Crippen LogP contribution in [-0.2, 0) is 9.59 Å². The molecule has 1 rings (SSSR count). The average Bonchev–Trinajstić information content (AvgIpc) is 2.31. The normalized spacial score (nSPS) is 9.82. The maximum atomic E-state index is 11.6. The number of aliphatic hydroxyl groups is 1. The monoisotopic (exact) mass is 300 g/mol. The maximum absolute atomic E-state index is 11.6. The topological polar surface area (TPSA) is 69.6 Å². The number of rotatable bonds is 3. The molecule has 0 aliphatic heterocycles. The molecule has 92 valence electrons. The molecular formula is C11H13BrN2O3. The van der Waals surface area contributed by atoms with E-state index in [9.17, 15) is 9.59 Å². The number of halogens is 1. The zero-order valence-corrected chi connectivity index (χ0v) is 10.9. The molecule has 1 aromatic rings. The van der Waals surface area contributed by atoms with Gasteiger partial charge in [0.05, 0.1) is 12.3 Å². The number of nitrogens with zero attached hydrogens (tertiary/aromatic N) is 1. The molecule has 6 heteroatoms. The fourth-order valence-electron chi connectivity index (χ4n) is 1.16. The molecular weight excluding hydrogens is 288 g/mol. The molecule has 0 aliphatic rings. The summed E-state index contributed by atoms with van der Waals surface area (Å²) in [6, 6.07) is 7.00. The fraction of sp³-hybridized carbons (Fsp3) is 0.273. The molecule has 5 nitrogen and oxygen atoms in total. The predicted octanol–water partition coefficient (Wildman–Crippen LogP) is 0.838. The minimum atomic E-state index is -0.729. The second-order valence-electron chi connectivity index (χ2n) is 3.38. The number of benzene rings is 1. The molecule has 0 fully saturated rings. The third-order valence-corrected chi connectivity index (χ3v) is 2.79. The average molecular weight is 301 g/mol. The molecule has 0 unspecified atom stereocenters. The highest BCUT2D eigenvalue weighted by Crippen LogP contribution is 2.20. The molecule has 0 bridgehead atoms. The molecule has 0 aliphatic carbocycles. The third-order valence-electron chi connectivity index (χ3n) is 2.10. The van der Waals surface area contributed by atoms with Crippen LogP contribution in [0.4, 0.5) is 5.69 Å². The standard InChI is InChI=1S/C11H13BrN2O3/c1-14(6-7-15)11(17)10(16)13-9-5-3-2-4-8(9)12/h2-5,15H,6-7H2,1H3,(H,13,16). The SMILES string of the molecule is CN(CCO)C(=O)C(=O)Nc1ccccc1Br. The van der Waals surface area contributed by atoms with Gasteiger partial charge in [0.15, 0.2) is 0 Å². The van der Waals surface area contributed by atoms with Crippen molar-refractivity contribution in [1.82, 2.24) is 4.90 Å². The number of likely N-dealkylation sites (N-methyl/N-ethyl adjacent to an activating group) is 1. The number of anilines is 1. The van der Waals surface area contributed by atoms with Crippen molar-refractivity contribution < 1.29 is 14.7 Å². The van der Waals surface area contributed by atoms with Crippen LogP contribution >= 0.6 is 15.9 Å². The molecule has 2 amide bonds. The van der Waals surface area contributed by atoms with Crippen molar-refractivity contribution in [3.8, 4) is 0 Å². The van der Waals surface area contributed by atoms with E-state index in [-0.39, 0.29) is 13.2 Å². The van der Waals surface area contributed by atoms with Gasteiger partial charge in [0.25, 0.3) is 0 Å². The van der Waals surface area contributed by atoms with Gasteiger partial charge in [0, 0.05) is 18.1 Å². The number of aliphatic hydroxyl groups excluding tert-OH is 1. The van der Waals surface area contributed by atoms with Gasteiger partial charge in [-0.05, 0) is 28.1 Å². The summed E-state index contributed by atoms with van der Waals surface area (Å²) >= 11 is 3.26. The molecule has 17 heavy (non-hydrogen) atoms. The predicted molar refractivity (Wildman–Crippen MR) is 67.5 cm³/mol. The highest BCUT2D eigenvalue weighted by molar-refractivity contribution is 9.10. The van der Waals surface area contributed by atoms with E-state index in [0.29, 0.717) is 10.2 Å². The van der Waals surface area contributed by atoms with Crippen LogP contribution < -0.4 is 5.32 Å². The lowest BCUT2D eigenvalue weighted by Crippen LogP contribution is -2.38. The molecule has 0 radical (unpaired) electrons. The Balaban J connectivity index is 2.67. The molecule has 0 aromatic heterocycles. The number of hydrogen-bond donors (Lipinski definition) is 2. The van der Waals surface area contributed by atoms with Crippen molar-refractivity contribution in [1.29, 1.82) is 0 Å². The van der Waals surface area contributed by atoms with E-state index in [4.69, 9.17) is 5.11 Å². The van der Waals surface area contributed by atoms with Gasteiger partial charge in [-0.2, -0.15) is 0 Å². The van der Waals surface area contributed by atoms with Crippen LogP contribution in [0.2, 0.25) is 0 Å². The van der Waals surface area contributed by atoms with Crippen LogP contribution in [-0.4, -0.2) is 42.0 Å². The molecule has 0 atom stereocenters. The van der Waals surface area contributed by atoms with E-state index in [1.807, 2.05) is 0 Å². The number of amides is 2. The van der Waals surface area contributed by atoms with Gasteiger partial charge in [-0.15, -0.1) is 0 Å². The summed E-state index contributed by atoms with van der Waals surface area (Å²) in [5.74, 6) is -1.41. The molecule has 0 heterocycles. The lowest BCUT2D eigenvalue weighted by molar-refractivity contribution is -0.142. The summed E-state index contributed by atoms with van der Waals surface area (Å²) in [7, 11) is 1.46. The van der Waals surface area contributed by atoms with E-state index in [0.717, 1.165) is 4.90 Å². The number of para-hydroxylation sites is 1. The van der Waals surface area contributed by atoms with Crippen LogP contribution in [0.1, 0.15) is 0 Å². The zero-order chi connectivity index (χ0) is 12.8. The first kappa shape index (κ1) is 13.7. The Kier molecular flexibility index (Phi) is 5.11. The molecule has 0 spiro atoms. The number of carbonyl (C=O) groups is 2. The Morgan fingerprint density at radius 1 is 1.41 bits per heavy atom. The minimum absolute atomic E-state index is 0.127. The van der Waals surface area contributed by atoms with Gasteiger partial charge in [-0.1, -0.05) is 12.1 Å². The van der Waals surface area contributed by atoms with Gasteiger partial charge in [0.2, 0.25) is 0 Å². The molecule has 2 N–H and O–H groups in total. The highest BCUT2D eigenvalue weighted by Gasteiger charge is 2.18. The molecule has 1 aromatic carbocycles. The van der Waals surface area contributed by atoms with Crippen LogP contribution in [0.25, 0.3) is 0 Å². The lowest BCUT2D eigenvalue weighted by Gasteiger charge is -2.15. The van der Waals surface area contributed by atoms with Gasteiger partial charge in [0.1, 0.15) is 0 Å². The van der Waals surface area contributed by atoms with E-state index >= 15 is 0 Å². The third kappa shape index (κ3) is 3.83. The van der Waals surface area contributed by atoms with Crippen LogP contribution in [0.5, 0.6) is 0 Å². The Labute approximate surface area is 108 Å². The Morgan fingerprint density at radius 2 is 2.06 bits per heavy atom. The lowest BCUT2D eigenvalue weighted by atomic mass is 10.3. The quantitative estimate of drug-likeness (QED) is 0.813. The fourth-order valence-corrected chi connectivity index (χ4v) is 1.55. The van der Waals surface area contributed by atoms with E-state index in [1.165, 1.54) is 7.05 Å². The Hall–Kier alpha value is -1.40. The first-order valence-electron chi connectivity index (χ1n) is 4.98. The van der Waals surface area contributed by atoms with E-state index in [1.54, 1.807) is 24.3 Å². The van der Waals surface area contributed by atoms with E-state index in [2.05, 4.69) is 21.2 Å². The zero-order valence-electron chi connectivity index (χ0n) is 9.31. The van der Waals surface area contributed by atoms with Crippen molar-refractivity contribution in [3.05, 3.63) is 28.7 Å². The first-order valence-corrected chi connectivity index (χ1v) is 5.77. The maximum Gasteiger partial charge on any atom is 0.313 e. The Morgan fingerprint density at radius 3 is 2.65 bits per heavy atom. The second-order valence-corrected chi connectivity index (χ2v) is 4.24. The van der Waals surface area contributed by atoms with Gasteiger partial charge in [-0.3, -0.25) is 9.59 Å². The Bertz CT molecular complexity index is 423. The van der Waals surface area contributed by atoms with Crippen LogP contribution in [0.3, 0.4) is 0 Å². The number of nitrogens with one attached hydrogen (secondary N) is 1. The smallest absolute Gasteiger partial charge is 0.313 e. The summed E-state index contributed by atoms with van der Waals surface area (Å²) in [6.45, 7) is -0.0488. The molecule has 0 saturated carbocycles. The van der Waals surface area contributed by atoms with Crippen molar-refractivity contribution in [2.45, 2.75) is 0 Å². The second kappa shape index (κ2) is 6.36. The summed E-state index contributed by atoms with van der Waals surface area (Å²) < 4.78 is 0.700. The summed E-state index contributed by atoms with van der Waals surface area (Å²) in [5.41, 5.74) is 0.531. The van der Waals surface area contributed by atoms with Gasteiger partial charge >= 0.3 is 11.8 Å². The van der Waals surface area contributed by atoms with Crippen molar-refractivity contribution in [3.63, 3.8) is 0 Å². The van der Waals surface area contributed by atoms with Crippen molar-refractivity contribution in [2.75, 3.05) is 25.5 Å². The number of hydrogen-bond acceptors (Lipinski definition) is 3. The minimum Gasteiger partial charge on any atom is -0.395 e. The summed E-state index contributed by atoms with van der Waals surface area (Å²) in [4.78, 5) is 24.3. The molecule has 0 saturated heterocycles. The van der Waals surface area contributed by atoms with Crippen LogP contribution in [0.15, 0.2) is 28.7 Å². The number of carbonyl (C=O) groups excluding carboxylic acids is 2. The first-order chi connectivity index (χ1) is 8.06. The van der Waals surface area contributed by atoms with Crippen molar-refractivity contribution in [2.24, 2.45) is 0 Å². The van der Waals surface area contributed by atoms with Gasteiger partial charge in [-0.25, -0.2) is 0 Å². The van der Waals surface area contributed by atoms with Gasteiger partial charge < -0.3 is 15.3 Å². The highest BCUT2D eigenvalue weighted by atomic mass is 79.9. The van der Waals surface area contributed by atoms with E-state index < -0.39 is 11.8 Å². The summed E-state index contributed by atoms with van der Waals surface area (Å²) in [6.07, 6.45) is 0. The van der Waals surface area contributed by atoms with Crippen LogP contribution in [0, 0.1) is 0 Å². The largest absolute Gasteiger partial charge is 0.395 e. The summed E-state index contributed by atoms with van der Waals surface area (Å²) in [5, 5.41) is 11.2.